The fourth-order valence-electron chi connectivity index (χ4n) is 2.07. The summed E-state index contributed by atoms with van der Waals surface area (Å²) >= 11 is 0. The Hall–Kier alpha value is -0.820. The smallest absolute Gasteiger partial charge is 0.411 e. The number of carbonyl (C=O) groups is 1. The highest BCUT2D eigenvalue weighted by Gasteiger charge is 2.39. The van der Waals surface area contributed by atoms with Crippen molar-refractivity contribution in [2.75, 3.05) is 19.8 Å². The van der Waals surface area contributed by atoms with E-state index in [-0.39, 0.29) is 12.6 Å². The second-order valence-electron chi connectivity index (χ2n) is 5.60. The van der Waals surface area contributed by atoms with Crippen molar-refractivity contribution in [2.24, 2.45) is 0 Å². The number of esters is 1. The van der Waals surface area contributed by atoms with Gasteiger partial charge in [0, 0.05) is 12.6 Å². The van der Waals surface area contributed by atoms with E-state index in [0.29, 0.717) is 31.9 Å². The summed E-state index contributed by atoms with van der Waals surface area (Å²) in [7, 11) is 0. The van der Waals surface area contributed by atoms with Gasteiger partial charge < -0.3 is 9.47 Å². The fraction of sp³-hybridized carbons (Fsp3) is 0.929. The maximum absolute atomic E-state index is 12.0. The molecule has 1 fully saturated rings. The molecule has 0 spiro atoms. The largest absolute Gasteiger partial charge is 0.465 e. The van der Waals surface area contributed by atoms with Gasteiger partial charge in [-0.25, -0.2) is 0 Å². The maximum atomic E-state index is 12.0. The van der Waals surface area contributed by atoms with Gasteiger partial charge in [0.2, 0.25) is 0 Å². The summed E-state index contributed by atoms with van der Waals surface area (Å²) in [6.07, 6.45) is -0.581. The molecule has 0 aliphatic heterocycles. The zero-order chi connectivity index (χ0) is 15.9. The van der Waals surface area contributed by atoms with Crippen molar-refractivity contribution in [3.8, 4) is 0 Å². The Labute approximate surface area is 123 Å². The minimum Gasteiger partial charge on any atom is -0.465 e. The molecule has 124 valence electrons. The van der Waals surface area contributed by atoms with Crippen molar-refractivity contribution >= 4 is 5.97 Å². The molecule has 1 N–H and O–H groups in total. The summed E-state index contributed by atoms with van der Waals surface area (Å²) in [6.45, 7) is 2.68. The number of alkyl halides is 3. The van der Waals surface area contributed by atoms with Crippen LogP contribution in [0.25, 0.3) is 0 Å². The highest BCUT2D eigenvalue weighted by Crippen LogP contribution is 2.26. The molecular weight excluding hydrogens is 287 g/mol. The Morgan fingerprint density at radius 2 is 1.95 bits per heavy atom. The molecule has 0 bridgehead atoms. The maximum Gasteiger partial charge on any atom is 0.411 e. The quantitative estimate of drug-likeness (QED) is 0.498. The fourth-order valence-corrected chi connectivity index (χ4v) is 2.07. The molecule has 0 heterocycles. The van der Waals surface area contributed by atoms with Crippen LogP contribution < -0.4 is 5.32 Å². The first-order valence-corrected chi connectivity index (χ1v) is 7.36. The molecule has 0 aromatic rings. The molecule has 1 saturated carbocycles. The van der Waals surface area contributed by atoms with Gasteiger partial charge in [0.15, 0.2) is 0 Å². The van der Waals surface area contributed by atoms with Crippen LogP contribution in [-0.4, -0.2) is 43.5 Å². The third-order valence-corrected chi connectivity index (χ3v) is 3.31. The molecule has 1 unspecified atom stereocenters. The molecule has 21 heavy (non-hydrogen) atoms. The minimum absolute atomic E-state index is 0.0435. The number of carbonyl (C=O) groups excluding carboxylic acids is 1. The summed E-state index contributed by atoms with van der Waals surface area (Å²) < 4.78 is 45.3. The Bertz CT molecular complexity index is 332. The van der Waals surface area contributed by atoms with E-state index in [1.54, 1.807) is 13.8 Å². The van der Waals surface area contributed by atoms with Crippen LogP contribution in [0.3, 0.4) is 0 Å². The summed E-state index contributed by atoms with van der Waals surface area (Å²) in [6, 6.07) is 0.348. The standard InChI is InChI=1S/C14H24F3NO3/c1-3-21-12(19)13(2,18-11-6-7-11)8-4-5-9-20-10-14(15,16)17/h11,18H,3-10H2,1-2H3. The summed E-state index contributed by atoms with van der Waals surface area (Å²) in [5.74, 6) is -0.298. The zero-order valence-electron chi connectivity index (χ0n) is 12.6. The van der Waals surface area contributed by atoms with Crippen LogP contribution in [0.5, 0.6) is 0 Å². The van der Waals surface area contributed by atoms with Crippen molar-refractivity contribution in [2.45, 2.75) is 63.7 Å². The Morgan fingerprint density at radius 3 is 2.48 bits per heavy atom. The lowest BCUT2D eigenvalue weighted by Crippen LogP contribution is -2.51. The first-order valence-electron chi connectivity index (χ1n) is 7.36. The highest BCUT2D eigenvalue weighted by atomic mass is 19.4. The van der Waals surface area contributed by atoms with E-state index in [4.69, 9.17) is 4.74 Å². The van der Waals surface area contributed by atoms with E-state index in [9.17, 15) is 18.0 Å². The summed E-state index contributed by atoms with van der Waals surface area (Å²) in [5, 5.41) is 3.27. The predicted molar refractivity (Wildman–Crippen MR) is 71.9 cm³/mol. The van der Waals surface area contributed by atoms with Gasteiger partial charge in [-0.15, -0.1) is 0 Å². The lowest BCUT2D eigenvalue weighted by Gasteiger charge is -2.28. The molecular formula is C14H24F3NO3. The zero-order valence-corrected chi connectivity index (χ0v) is 12.6. The Balaban J connectivity index is 2.27. The van der Waals surface area contributed by atoms with Gasteiger partial charge >= 0.3 is 12.1 Å². The second-order valence-corrected chi connectivity index (χ2v) is 5.60. The van der Waals surface area contributed by atoms with Gasteiger partial charge in [-0.3, -0.25) is 10.1 Å². The van der Waals surface area contributed by atoms with Gasteiger partial charge in [-0.05, 0) is 46.0 Å². The van der Waals surface area contributed by atoms with E-state index in [2.05, 4.69) is 10.1 Å². The van der Waals surface area contributed by atoms with Gasteiger partial charge in [-0.2, -0.15) is 13.2 Å². The normalized spacial score (nSPS) is 18.3. The summed E-state index contributed by atoms with van der Waals surface area (Å²) in [5.41, 5.74) is -0.763. The van der Waals surface area contributed by atoms with Crippen LogP contribution in [0, 0.1) is 0 Å². The number of halogens is 3. The monoisotopic (exact) mass is 311 g/mol. The van der Waals surface area contributed by atoms with Gasteiger partial charge in [0.05, 0.1) is 6.61 Å². The van der Waals surface area contributed by atoms with E-state index in [0.717, 1.165) is 12.8 Å². The molecule has 0 radical (unpaired) electrons. The van der Waals surface area contributed by atoms with E-state index < -0.39 is 18.3 Å². The predicted octanol–water partition coefficient (Wildman–Crippen LogP) is 2.81. The number of rotatable bonds is 10. The molecule has 0 amide bonds. The third kappa shape index (κ3) is 7.66. The average molecular weight is 311 g/mol. The first-order chi connectivity index (χ1) is 9.77. The lowest BCUT2D eigenvalue weighted by atomic mass is 9.94. The van der Waals surface area contributed by atoms with Crippen LogP contribution in [0.4, 0.5) is 13.2 Å². The molecule has 4 nitrogen and oxygen atoms in total. The second kappa shape index (κ2) is 7.98. The van der Waals surface area contributed by atoms with Crippen LogP contribution in [-0.2, 0) is 14.3 Å². The van der Waals surface area contributed by atoms with E-state index >= 15 is 0 Å². The number of unbranched alkanes of at least 4 members (excludes halogenated alkanes) is 1. The third-order valence-electron chi connectivity index (χ3n) is 3.31. The van der Waals surface area contributed by atoms with Gasteiger partial charge in [-0.1, -0.05) is 0 Å². The van der Waals surface area contributed by atoms with Crippen molar-refractivity contribution in [3.63, 3.8) is 0 Å². The number of hydrogen-bond donors (Lipinski definition) is 1. The van der Waals surface area contributed by atoms with Crippen LogP contribution in [0.2, 0.25) is 0 Å². The molecule has 0 aromatic carbocycles. The van der Waals surface area contributed by atoms with Gasteiger partial charge in [0.1, 0.15) is 12.1 Å². The molecule has 0 aromatic heterocycles. The van der Waals surface area contributed by atoms with E-state index in [1.807, 2.05) is 0 Å². The topological polar surface area (TPSA) is 47.6 Å². The van der Waals surface area contributed by atoms with Crippen molar-refractivity contribution in [1.29, 1.82) is 0 Å². The number of hydrogen-bond acceptors (Lipinski definition) is 4. The van der Waals surface area contributed by atoms with E-state index in [1.165, 1.54) is 0 Å². The van der Waals surface area contributed by atoms with Crippen LogP contribution in [0.1, 0.15) is 46.0 Å². The Kier molecular flexibility index (Phi) is 6.93. The van der Waals surface area contributed by atoms with Gasteiger partial charge in [0.25, 0.3) is 0 Å². The summed E-state index contributed by atoms with van der Waals surface area (Å²) in [4.78, 5) is 12.0. The van der Waals surface area contributed by atoms with Crippen LogP contribution in [0.15, 0.2) is 0 Å². The van der Waals surface area contributed by atoms with Crippen molar-refractivity contribution < 1.29 is 27.4 Å². The molecule has 1 aliphatic rings. The number of nitrogens with one attached hydrogen (secondary N) is 1. The molecule has 0 saturated heterocycles. The molecule has 1 atom stereocenters. The molecule has 7 heteroatoms. The average Bonchev–Trinajstić information content (AvgIpc) is 3.16. The molecule has 1 aliphatic carbocycles. The highest BCUT2D eigenvalue weighted by molar-refractivity contribution is 5.80. The van der Waals surface area contributed by atoms with Crippen LogP contribution >= 0.6 is 0 Å². The SMILES string of the molecule is CCOC(=O)C(C)(CCCCOCC(F)(F)F)NC1CC1. The molecule has 1 rings (SSSR count). The van der Waals surface area contributed by atoms with Crippen molar-refractivity contribution in [1.82, 2.24) is 5.32 Å². The number of ether oxygens (including phenoxy) is 2. The lowest BCUT2D eigenvalue weighted by molar-refractivity contribution is -0.174. The Morgan fingerprint density at radius 1 is 1.29 bits per heavy atom. The van der Waals surface area contributed by atoms with Crippen molar-refractivity contribution in [3.05, 3.63) is 0 Å². The minimum atomic E-state index is -4.28. The first kappa shape index (κ1) is 18.2.